The number of amides is 1. The van der Waals surface area contributed by atoms with E-state index in [-0.39, 0.29) is 11.9 Å². The lowest BCUT2D eigenvalue weighted by Crippen LogP contribution is -2.26. The van der Waals surface area contributed by atoms with Gasteiger partial charge in [-0.2, -0.15) is 4.98 Å². The van der Waals surface area contributed by atoms with Crippen LogP contribution in [0.2, 0.25) is 0 Å². The lowest BCUT2D eigenvalue weighted by molar-refractivity contribution is 0.0932. The molecule has 2 heterocycles. The third-order valence-corrected chi connectivity index (χ3v) is 3.64. The molecule has 25 heavy (non-hydrogen) atoms. The minimum absolute atomic E-state index is 0.202. The third-order valence-electron chi connectivity index (χ3n) is 3.64. The highest BCUT2D eigenvalue weighted by atomic mass is 16.5. The fourth-order valence-corrected chi connectivity index (χ4v) is 2.35. The topological polar surface area (TPSA) is 98.7 Å². The van der Waals surface area contributed by atoms with Crippen LogP contribution in [-0.4, -0.2) is 30.8 Å². The smallest absolute Gasteiger partial charge is 0.251 e. The van der Waals surface area contributed by atoms with E-state index in [1.54, 1.807) is 29.4 Å². The average molecular weight is 340 g/mol. The zero-order chi connectivity index (χ0) is 17.8. The Bertz CT molecular complexity index is 823. The van der Waals surface area contributed by atoms with E-state index in [1.165, 1.54) is 0 Å². The maximum atomic E-state index is 12.4. The Morgan fingerprint density at radius 1 is 1.16 bits per heavy atom. The lowest BCUT2D eigenvalue weighted by atomic mass is 10.1. The van der Waals surface area contributed by atoms with Crippen molar-refractivity contribution in [2.24, 2.45) is 5.92 Å². The number of carbonyl (C=O) groups is 1. The monoisotopic (exact) mass is 340 g/mol. The number of rotatable bonds is 6. The molecule has 0 aliphatic rings. The molecular formula is C17H20N6O2. The highest BCUT2D eigenvalue weighted by Crippen LogP contribution is 2.14. The minimum atomic E-state index is -0.363. The Kier molecular flexibility index (Phi) is 4.87. The fourth-order valence-electron chi connectivity index (χ4n) is 2.35. The van der Waals surface area contributed by atoms with E-state index in [4.69, 9.17) is 4.52 Å². The number of nitrogens with zero attached hydrogens (tertiary/aromatic N) is 5. The molecule has 0 spiro atoms. The van der Waals surface area contributed by atoms with E-state index in [1.807, 2.05) is 19.1 Å². The first-order chi connectivity index (χ1) is 12.0. The highest BCUT2D eigenvalue weighted by molar-refractivity contribution is 5.94. The van der Waals surface area contributed by atoms with Crippen LogP contribution in [0.15, 0.2) is 41.4 Å². The van der Waals surface area contributed by atoms with Gasteiger partial charge in [0.15, 0.2) is 5.82 Å². The molecule has 0 saturated heterocycles. The fraction of sp³-hybridized carbons (Fsp3) is 0.353. The average Bonchev–Trinajstić information content (AvgIpc) is 3.26. The van der Waals surface area contributed by atoms with Gasteiger partial charge in [-0.25, -0.2) is 0 Å². The van der Waals surface area contributed by atoms with Gasteiger partial charge in [-0.3, -0.25) is 9.36 Å². The molecule has 0 aliphatic heterocycles. The molecule has 8 nitrogen and oxygen atoms in total. The summed E-state index contributed by atoms with van der Waals surface area (Å²) in [6.07, 6.45) is 3.94. The molecule has 2 aromatic heterocycles. The molecule has 0 aliphatic carbocycles. The molecule has 1 N–H and O–H groups in total. The number of hydrogen-bond acceptors (Lipinski definition) is 6. The van der Waals surface area contributed by atoms with Crippen LogP contribution in [0, 0.1) is 5.92 Å². The first kappa shape index (κ1) is 16.8. The summed E-state index contributed by atoms with van der Waals surface area (Å²) in [5.41, 5.74) is 1.43. The molecule has 130 valence electrons. The van der Waals surface area contributed by atoms with Crippen LogP contribution in [-0.2, 0) is 6.42 Å². The van der Waals surface area contributed by atoms with E-state index in [0.29, 0.717) is 23.2 Å². The lowest BCUT2D eigenvalue weighted by Gasteiger charge is -2.10. The zero-order valence-electron chi connectivity index (χ0n) is 14.4. The van der Waals surface area contributed by atoms with E-state index in [9.17, 15) is 4.79 Å². The number of benzene rings is 1. The van der Waals surface area contributed by atoms with Crippen molar-refractivity contribution in [3.05, 3.63) is 54.2 Å². The summed E-state index contributed by atoms with van der Waals surface area (Å²) in [7, 11) is 0. The third kappa shape index (κ3) is 4.09. The van der Waals surface area contributed by atoms with Gasteiger partial charge in [-0.15, -0.1) is 10.2 Å². The minimum Gasteiger partial charge on any atom is -0.341 e. The number of hydrogen-bond donors (Lipinski definition) is 1. The van der Waals surface area contributed by atoms with Crippen molar-refractivity contribution >= 4 is 5.91 Å². The molecule has 0 fully saturated rings. The van der Waals surface area contributed by atoms with Gasteiger partial charge in [-0.05, 0) is 37.1 Å². The van der Waals surface area contributed by atoms with Gasteiger partial charge in [0.2, 0.25) is 5.89 Å². The summed E-state index contributed by atoms with van der Waals surface area (Å²) in [5.74, 6) is 1.31. The number of carbonyl (C=O) groups excluding carboxylic acids is 1. The van der Waals surface area contributed by atoms with Gasteiger partial charge in [0.25, 0.3) is 5.91 Å². The summed E-state index contributed by atoms with van der Waals surface area (Å²) in [4.78, 5) is 16.7. The quantitative estimate of drug-likeness (QED) is 0.739. The van der Waals surface area contributed by atoms with Crippen LogP contribution in [0.5, 0.6) is 0 Å². The summed E-state index contributed by atoms with van der Waals surface area (Å²) >= 11 is 0. The Hall–Kier alpha value is -3.03. The predicted octanol–water partition coefficient (Wildman–Crippen LogP) is 2.34. The van der Waals surface area contributed by atoms with Crippen LogP contribution in [0.3, 0.4) is 0 Å². The van der Waals surface area contributed by atoms with Crippen molar-refractivity contribution in [3.63, 3.8) is 0 Å². The van der Waals surface area contributed by atoms with E-state index in [2.05, 4.69) is 39.5 Å². The van der Waals surface area contributed by atoms with Gasteiger partial charge < -0.3 is 9.84 Å². The van der Waals surface area contributed by atoms with Crippen LogP contribution in [0.1, 0.15) is 48.9 Å². The van der Waals surface area contributed by atoms with E-state index in [0.717, 1.165) is 12.1 Å². The normalized spacial score (nSPS) is 12.3. The molecular weight excluding hydrogens is 320 g/mol. The Labute approximate surface area is 145 Å². The molecule has 1 amide bonds. The summed E-state index contributed by atoms with van der Waals surface area (Å²) in [6.45, 7) is 5.99. The second kappa shape index (κ2) is 7.25. The van der Waals surface area contributed by atoms with Crippen molar-refractivity contribution in [3.8, 4) is 5.69 Å². The second-order valence-electron chi connectivity index (χ2n) is 6.26. The maximum absolute atomic E-state index is 12.4. The molecule has 0 saturated carbocycles. The zero-order valence-corrected chi connectivity index (χ0v) is 14.4. The summed E-state index contributed by atoms with van der Waals surface area (Å²) in [6, 6.07) is 6.79. The first-order valence-electron chi connectivity index (χ1n) is 8.11. The van der Waals surface area contributed by atoms with Crippen molar-refractivity contribution in [1.82, 2.24) is 30.2 Å². The SMILES string of the molecule is CC(C)Cc1noc([C@@H](C)NC(=O)c2ccc(-n3cnnc3)cc2)n1. The molecule has 1 aromatic carbocycles. The Balaban J connectivity index is 1.64. The van der Waals surface area contributed by atoms with Crippen LogP contribution in [0.25, 0.3) is 5.69 Å². The predicted molar refractivity (Wildman–Crippen MR) is 90.1 cm³/mol. The molecule has 1 atom stereocenters. The first-order valence-corrected chi connectivity index (χ1v) is 8.11. The largest absolute Gasteiger partial charge is 0.341 e. The van der Waals surface area contributed by atoms with Crippen molar-refractivity contribution in [2.45, 2.75) is 33.2 Å². The molecule has 0 radical (unpaired) electrons. The van der Waals surface area contributed by atoms with Crippen molar-refractivity contribution in [1.29, 1.82) is 0 Å². The number of nitrogens with one attached hydrogen (secondary N) is 1. The van der Waals surface area contributed by atoms with Crippen LogP contribution in [0.4, 0.5) is 0 Å². The van der Waals surface area contributed by atoms with Crippen molar-refractivity contribution < 1.29 is 9.32 Å². The van der Waals surface area contributed by atoms with Gasteiger partial charge in [0, 0.05) is 17.7 Å². The highest BCUT2D eigenvalue weighted by Gasteiger charge is 2.18. The van der Waals surface area contributed by atoms with Gasteiger partial charge in [0.1, 0.15) is 18.7 Å². The van der Waals surface area contributed by atoms with E-state index < -0.39 is 0 Å². The van der Waals surface area contributed by atoms with Gasteiger partial charge in [0.05, 0.1) is 0 Å². The standard InChI is InChI=1S/C17H20N6O2/c1-11(2)8-15-21-17(25-22-15)12(3)20-16(24)13-4-6-14(7-5-13)23-9-18-19-10-23/h4-7,9-12H,8H2,1-3H3,(H,20,24)/t12-/m1/s1. The molecule has 3 aromatic rings. The molecule has 8 heteroatoms. The molecule has 0 bridgehead atoms. The van der Waals surface area contributed by atoms with Gasteiger partial charge in [-0.1, -0.05) is 19.0 Å². The second-order valence-corrected chi connectivity index (χ2v) is 6.26. The van der Waals surface area contributed by atoms with Crippen LogP contribution >= 0.6 is 0 Å². The number of aromatic nitrogens is 5. The Morgan fingerprint density at radius 3 is 2.48 bits per heavy atom. The molecule has 3 rings (SSSR count). The Morgan fingerprint density at radius 2 is 1.84 bits per heavy atom. The van der Waals surface area contributed by atoms with E-state index >= 15 is 0 Å². The van der Waals surface area contributed by atoms with Crippen LogP contribution < -0.4 is 5.32 Å². The van der Waals surface area contributed by atoms with Crippen molar-refractivity contribution in [2.75, 3.05) is 0 Å². The summed E-state index contributed by atoms with van der Waals surface area (Å²) in [5, 5.41) is 14.3. The summed E-state index contributed by atoms with van der Waals surface area (Å²) < 4.78 is 7.00. The maximum Gasteiger partial charge on any atom is 0.251 e. The van der Waals surface area contributed by atoms with Gasteiger partial charge >= 0.3 is 0 Å². The molecule has 0 unspecified atom stereocenters.